The number of likely N-dealkylation sites (tertiary alicyclic amines) is 1. The van der Waals surface area contributed by atoms with Gasteiger partial charge in [-0.2, -0.15) is 0 Å². The summed E-state index contributed by atoms with van der Waals surface area (Å²) in [5, 5.41) is 0. The van der Waals surface area contributed by atoms with Crippen molar-refractivity contribution in [2.24, 2.45) is 0 Å². The number of carbonyl (C=O) groups is 2. The average molecular weight is 289 g/mol. The second kappa shape index (κ2) is 6.92. The van der Waals surface area contributed by atoms with Crippen LogP contribution in [0.3, 0.4) is 0 Å². The molecule has 0 bridgehead atoms. The van der Waals surface area contributed by atoms with Crippen LogP contribution in [-0.2, 0) is 9.53 Å². The Hall–Kier alpha value is -2.30. The number of hydrogen-bond acceptors (Lipinski definition) is 4. The summed E-state index contributed by atoms with van der Waals surface area (Å²) in [5.41, 5.74) is 0.539. The number of benzene rings is 1. The van der Waals surface area contributed by atoms with Gasteiger partial charge in [-0.15, -0.1) is 0 Å². The molecule has 1 aliphatic rings. The van der Waals surface area contributed by atoms with Crippen molar-refractivity contribution in [2.75, 3.05) is 20.3 Å². The van der Waals surface area contributed by atoms with E-state index in [4.69, 9.17) is 9.47 Å². The highest BCUT2D eigenvalue weighted by atomic mass is 16.5. The SMILES string of the molecule is C=CCOc1ccc(C(=O)N2CCCC2C(=O)OC)cc1. The first-order valence-electron chi connectivity index (χ1n) is 6.90. The number of methoxy groups -OCH3 is 1. The van der Waals surface area contributed by atoms with Crippen LogP contribution in [0.15, 0.2) is 36.9 Å². The summed E-state index contributed by atoms with van der Waals surface area (Å²) in [6.07, 6.45) is 3.12. The largest absolute Gasteiger partial charge is 0.490 e. The van der Waals surface area contributed by atoms with Gasteiger partial charge in [0.05, 0.1) is 7.11 Å². The lowest BCUT2D eigenvalue weighted by atomic mass is 10.1. The molecular formula is C16H19NO4. The number of nitrogens with zero attached hydrogens (tertiary/aromatic N) is 1. The van der Waals surface area contributed by atoms with Crippen molar-refractivity contribution in [3.8, 4) is 5.75 Å². The summed E-state index contributed by atoms with van der Waals surface area (Å²) in [6.45, 7) is 4.57. The van der Waals surface area contributed by atoms with Crippen LogP contribution >= 0.6 is 0 Å². The topological polar surface area (TPSA) is 55.8 Å². The van der Waals surface area contributed by atoms with Gasteiger partial charge >= 0.3 is 5.97 Å². The highest BCUT2D eigenvalue weighted by Crippen LogP contribution is 2.22. The molecule has 1 saturated heterocycles. The molecule has 0 N–H and O–H groups in total. The molecule has 112 valence electrons. The van der Waals surface area contributed by atoms with Crippen LogP contribution in [0, 0.1) is 0 Å². The molecule has 1 aromatic carbocycles. The molecule has 1 heterocycles. The second-order valence-corrected chi connectivity index (χ2v) is 4.80. The lowest BCUT2D eigenvalue weighted by molar-refractivity contribution is -0.145. The van der Waals surface area contributed by atoms with E-state index < -0.39 is 6.04 Å². The van der Waals surface area contributed by atoms with Gasteiger partial charge in [-0.25, -0.2) is 4.79 Å². The van der Waals surface area contributed by atoms with Gasteiger partial charge in [-0.3, -0.25) is 4.79 Å². The molecule has 1 aromatic rings. The van der Waals surface area contributed by atoms with E-state index in [0.717, 1.165) is 6.42 Å². The Morgan fingerprint density at radius 2 is 2.10 bits per heavy atom. The normalized spacial score (nSPS) is 17.4. The molecule has 0 radical (unpaired) electrons. The van der Waals surface area contributed by atoms with Gasteiger partial charge < -0.3 is 14.4 Å². The van der Waals surface area contributed by atoms with Crippen LogP contribution in [0.1, 0.15) is 23.2 Å². The van der Waals surface area contributed by atoms with Crippen molar-refractivity contribution in [3.05, 3.63) is 42.5 Å². The summed E-state index contributed by atoms with van der Waals surface area (Å²) >= 11 is 0. The molecule has 0 aromatic heterocycles. The molecule has 5 nitrogen and oxygen atoms in total. The van der Waals surface area contributed by atoms with Crippen molar-refractivity contribution in [1.82, 2.24) is 4.90 Å². The van der Waals surface area contributed by atoms with Crippen molar-refractivity contribution in [2.45, 2.75) is 18.9 Å². The Labute approximate surface area is 124 Å². The molecule has 21 heavy (non-hydrogen) atoms. The lowest BCUT2D eigenvalue weighted by Crippen LogP contribution is -2.41. The monoisotopic (exact) mass is 289 g/mol. The standard InChI is InChI=1S/C16H19NO4/c1-3-11-21-13-8-6-12(7-9-13)15(18)17-10-4-5-14(17)16(19)20-2/h3,6-9,14H,1,4-5,10-11H2,2H3. The Bertz CT molecular complexity index is 524. The van der Waals surface area contributed by atoms with Gasteiger partial charge in [0.1, 0.15) is 18.4 Å². The van der Waals surface area contributed by atoms with E-state index in [1.54, 1.807) is 35.2 Å². The molecule has 0 saturated carbocycles. The average Bonchev–Trinajstić information content (AvgIpc) is 3.01. The molecule has 2 rings (SSSR count). The minimum absolute atomic E-state index is 0.154. The first-order valence-corrected chi connectivity index (χ1v) is 6.90. The van der Waals surface area contributed by atoms with E-state index in [1.165, 1.54) is 7.11 Å². The third kappa shape index (κ3) is 3.42. The number of carbonyl (C=O) groups excluding carboxylic acids is 2. The lowest BCUT2D eigenvalue weighted by Gasteiger charge is -2.22. The molecule has 5 heteroatoms. The number of rotatable bonds is 5. The Morgan fingerprint density at radius 1 is 1.38 bits per heavy atom. The molecular weight excluding hydrogens is 270 g/mol. The first kappa shape index (κ1) is 15.1. The van der Waals surface area contributed by atoms with Crippen LogP contribution in [0.2, 0.25) is 0 Å². The molecule has 1 unspecified atom stereocenters. The molecule has 0 spiro atoms. The zero-order valence-corrected chi connectivity index (χ0v) is 12.1. The Kier molecular flexibility index (Phi) is 4.98. The van der Waals surface area contributed by atoms with E-state index in [0.29, 0.717) is 30.9 Å². The highest BCUT2D eigenvalue weighted by molar-refractivity contribution is 5.97. The molecule has 0 aliphatic carbocycles. The van der Waals surface area contributed by atoms with E-state index in [9.17, 15) is 9.59 Å². The number of esters is 1. The molecule has 1 atom stereocenters. The fraction of sp³-hybridized carbons (Fsp3) is 0.375. The summed E-state index contributed by atoms with van der Waals surface area (Å²) in [6, 6.07) is 6.40. The number of ether oxygens (including phenoxy) is 2. The van der Waals surface area contributed by atoms with Crippen LogP contribution in [0.25, 0.3) is 0 Å². The van der Waals surface area contributed by atoms with Crippen molar-refractivity contribution >= 4 is 11.9 Å². The quantitative estimate of drug-likeness (QED) is 0.615. The fourth-order valence-corrected chi connectivity index (χ4v) is 2.41. The zero-order valence-electron chi connectivity index (χ0n) is 12.1. The zero-order chi connectivity index (χ0) is 15.2. The maximum Gasteiger partial charge on any atom is 0.328 e. The van der Waals surface area contributed by atoms with E-state index in [2.05, 4.69) is 6.58 Å². The van der Waals surface area contributed by atoms with Gasteiger partial charge in [-0.1, -0.05) is 12.7 Å². The maximum atomic E-state index is 12.5. The summed E-state index contributed by atoms with van der Waals surface area (Å²) < 4.78 is 10.1. The van der Waals surface area contributed by atoms with Crippen molar-refractivity contribution < 1.29 is 19.1 Å². The molecule has 1 fully saturated rings. The van der Waals surface area contributed by atoms with Crippen LogP contribution < -0.4 is 4.74 Å². The number of amides is 1. The van der Waals surface area contributed by atoms with Crippen molar-refractivity contribution in [1.29, 1.82) is 0 Å². The summed E-state index contributed by atoms with van der Waals surface area (Å²) in [5.74, 6) is 0.169. The first-order chi connectivity index (χ1) is 10.2. The second-order valence-electron chi connectivity index (χ2n) is 4.80. The van der Waals surface area contributed by atoms with Crippen LogP contribution in [-0.4, -0.2) is 43.1 Å². The van der Waals surface area contributed by atoms with Crippen molar-refractivity contribution in [3.63, 3.8) is 0 Å². The smallest absolute Gasteiger partial charge is 0.328 e. The third-order valence-electron chi connectivity index (χ3n) is 3.46. The minimum atomic E-state index is -0.473. The predicted molar refractivity (Wildman–Crippen MR) is 78.2 cm³/mol. The van der Waals surface area contributed by atoms with Gasteiger partial charge in [-0.05, 0) is 37.1 Å². The Morgan fingerprint density at radius 3 is 2.71 bits per heavy atom. The van der Waals surface area contributed by atoms with Gasteiger partial charge in [0.25, 0.3) is 5.91 Å². The minimum Gasteiger partial charge on any atom is -0.490 e. The van der Waals surface area contributed by atoms with Gasteiger partial charge in [0.15, 0.2) is 0 Å². The maximum absolute atomic E-state index is 12.5. The van der Waals surface area contributed by atoms with Crippen LogP contribution in [0.5, 0.6) is 5.75 Å². The van der Waals surface area contributed by atoms with Crippen LogP contribution in [0.4, 0.5) is 0 Å². The fourth-order valence-electron chi connectivity index (χ4n) is 2.41. The predicted octanol–water partition coefficient (Wildman–Crippen LogP) is 2.03. The van der Waals surface area contributed by atoms with Gasteiger partial charge in [0, 0.05) is 12.1 Å². The highest BCUT2D eigenvalue weighted by Gasteiger charge is 2.35. The molecule has 1 aliphatic heterocycles. The van der Waals surface area contributed by atoms with E-state index in [1.807, 2.05) is 0 Å². The van der Waals surface area contributed by atoms with Gasteiger partial charge in [0.2, 0.25) is 0 Å². The summed E-state index contributed by atoms with van der Waals surface area (Å²) in [4.78, 5) is 25.7. The number of hydrogen-bond donors (Lipinski definition) is 0. The Balaban J connectivity index is 2.08. The third-order valence-corrected chi connectivity index (χ3v) is 3.46. The summed E-state index contributed by atoms with van der Waals surface area (Å²) in [7, 11) is 1.34. The molecule has 1 amide bonds. The van der Waals surface area contributed by atoms with E-state index >= 15 is 0 Å². The van der Waals surface area contributed by atoms with E-state index in [-0.39, 0.29) is 11.9 Å².